The molecule has 1 N–H and O–H groups in total. The lowest BCUT2D eigenvalue weighted by atomic mass is 10.0. The smallest absolute Gasteiger partial charge is 0.348 e. The molecule has 0 saturated carbocycles. The number of hydrogen-bond donors (Lipinski definition) is 1. The highest BCUT2D eigenvalue weighted by Crippen LogP contribution is 2.33. The molecule has 0 atom stereocenters. The zero-order valence-electron chi connectivity index (χ0n) is 16.7. The van der Waals surface area contributed by atoms with Crippen molar-refractivity contribution in [2.75, 3.05) is 11.9 Å². The Morgan fingerprint density at radius 3 is 2.41 bits per heavy atom. The van der Waals surface area contributed by atoms with Crippen molar-refractivity contribution < 1.29 is 14.3 Å². The van der Waals surface area contributed by atoms with Crippen molar-refractivity contribution in [3.05, 3.63) is 57.0 Å². The zero-order chi connectivity index (χ0) is 21.6. The van der Waals surface area contributed by atoms with Gasteiger partial charge < -0.3 is 10.1 Å². The number of nitriles is 2. The third kappa shape index (κ3) is 5.10. The van der Waals surface area contributed by atoms with Gasteiger partial charge in [-0.3, -0.25) is 4.79 Å². The summed E-state index contributed by atoms with van der Waals surface area (Å²) in [6.45, 7) is 7.68. The average molecular weight is 407 g/mol. The van der Waals surface area contributed by atoms with E-state index in [1.165, 1.54) is 6.08 Å². The van der Waals surface area contributed by atoms with Crippen LogP contribution >= 0.6 is 11.3 Å². The first-order chi connectivity index (χ1) is 13.8. The molecule has 2 rings (SSSR count). The van der Waals surface area contributed by atoms with E-state index < -0.39 is 11.9 Å². The molecule has 1 heterocycles. The van der Waals surface area contributed by atoms with Gasteiger partial charge in [0.15, 0.2) is 0 Å². The highest BCUT2D eigenvalue weighted by molar-refractivity contribution is 7.18. The Labute approximate surface area is 174 Å². The lowest BCUT2D eigenvalue weighted by Crippen LogP contribution is -2.13. The number of nitrogens with one attached hydrogen (secondary N) is 1. The molecule has 2 aromatic rings. The molecule has 0 spiro atoms. The number of hydrogen-bond acceptors (Lipinski definition) is 6. The molecule has 6 nitrogen and oxygen atoms in total. The van der Waals surface area contributed by atoms with Gasteiger partial charge in [-0.2, -0.15) is 10.5 Å². The first kappa shape index (κ1) is 21.9. The molecule has 148 valence electrons. The van der Waals surface area contributed by atoms with Crippen LogP contribution in [0.2, 0.25) is 0 Å². The highest BCUT2D eigenvalue weighted by atomic mass is 32.1. The molecule has 0 aliphatic heterocycles. The number of esters is 1. The highest BCUT2D eigenvalue weighted by Gasteiger charge is 2.23. The van der Waals surface area contributed by atoms with Gasteiger partial charge in [0.05, 0.1) is 12.2 Å². The molecule has 1 aromatic carbocycles. The Bertz CT molecular complexity index is 1030. The minimum absolute atomic E-state index is 0.102. The second-order valence-electron chi connectivity index (χ2n) is 6.54. The molecule has 0 radical (unpaired) electrons. The van der Waals surface area contributed by atoms with Crippen molar-refractivity contribution in [2.45, 2.75) is 33.6 Å². The van der Waals surface area contributed by atoms with E-state index in [-0.39, 0.29) is 27.6 Å². The second kappa shape index (κ2) is 9.68. The Balaban J connectivity index is 2.30. The number of carbonyl (C=O) groups is 2. The van der Waals surface area contributed by atoms with Gasteiger partial charge >= 0.3 is 5.97 Å². The largest absolute Gasteiger partial charge is 0.462 e. The molecule has 1 aromatic heterocycles. The van der Waals surface area contributed by atoms with Crippen molar-refractivity contribution >= 4 is 34.3 Å². The molecular weight excluding hydrogens is 386 g/mol. The average Bonchev–Trinajstić information content (AvgIpc) is 3.01. The van der Waals surface area contributed by atoms with E-state index in [0.717, 1.165) is 22.5 Å². The summed E-state index contributed by atoms with van der Waals surface area (Å²) in [5.41, 5.74) is 2.40. The number of ether oxygens (including phenoxy) is 1. The van der Waals surface area contributed by atoms with Gasteiger partial charge in [-0.15, -0.1) is 11.3 Å². The van der Waals surface area contributed by atoms with Crippen molar-refractivity contribution in [1.29, 1.82) is 10.5 Å². The van der Waals surface area contributed by atoms with Gasteiger partial charge in [-0.05, 0) is 42.5 Å². The molecular formula is C22H21N3O3S. The van der Waals surface area contributed by atoms with Gasteiger partial charge in [-0.25, -0.2) is 4.79 Å². The monoisotopic (exact) mass is 407 g/mol. The van der Waals surface area contributed by atoms with E-state index in [0.29, 0.717) is 11.5 Å². The van der Waals surface area contributed by atoms with Gasteiger partial charge in [0.1, 0.15) is 27.6 Å². The topological polar surface area (TPSA) is 103 Å². The number of carbonyl (C=O) groups excluding carboxylic acids is 2. The minimum Gasteiger partial charge on any atom is -0.462 e. The maximum atomic E-state index is 12.6. The second-order valence-corrected chi connectivity index (χ2v) is 7.56. The van der Waals surface area contributed by atoms with Crippen LogP contribution in [-0.2, 0) is 9.53 Å². The Hall–Kier alpha value is -3.42. The summed E-state index contributed by atoms with van der Waals surface area (Å²) in [7, 11) is 0. The summed E-state index contributed by atoms with van der Waals surface area (Å²) in [6.07, 6.45) is 1.48. The van der Waals surface area contributed by atoms with Crippen LogP contribution in [0.15, 0.2) is 29.8 Å². The minimum atomic E-state index is -0.645. The van der Waals surface area contributed by atoms with Gasteiger partial charge in [0.2, 0.25) is 0 Å². The standard InChI is InChI=1S/C22H21N3O3S/c1-5-28-22(27)19-14(4)18(12-24)21(29-19)25-20(26)17(11-23)10-15-6-8-16(9-7-15)13(2)3/h6-10,13H,5H2,1-4H3,(H,25,26). The summed E-state index contributed by atoms with van der Waals surface area (Å²) in [6, 6.07) is 11.5. The van der Waals surface area contributed by atoms with Gasteiger partial charge in [0.25, 0.3) is 5.91 Å². The Kier molecular flexibility index (Phi) is 7.30. The molecule has 1 amide bonds. The summed E-state index contributed by atoms with van der Waals surface area (Å²) >= 11 is 0.961. The fourth-order valence-corrected chi connectivity index (χ4v) is 3.64. The third-order valence-corrected chi connectivity index (χ3v) is 5.41. The number of rotatable bonds is 6. The van der Waals surface area contributed by atoms with Crippen LogP contribution in [0.4, 0.5) is 5.00 Å². The first-order valence-electron chi connectivity index (χ1n) is 9.06. The van der Waals surface area contributed by atoms with Gasteiger partial charge in [-0.1, -0.05) is 38.1 Å². The van der Waals surface area contributed by atoms with E-state index >= 15 is 0 Å². The van der Waals surface area contributed by atoms with Crippen LogP contribution in [0.3, 0.4) is 0 Å². The molecule has 0 aliphatic rings. The van der Waals surface area contributed by atoms with Crippen molar-refractivity contribution in [3.63, 3.8) is 0 Å². The lowest BCUT2D eigenvalue weighted by Gasteiger charge is -2.05. The summed E-state index contributed by atoms with van der Waals surface area (Å²) in [4.78, 5) is 24.9. The summed E-state index contributed by atoms with van der Waals surface area (Å²) < 4.78 is 4.99. The number of anilines is 1. The Morgan fingerprint density at radius 1 is 1.24 bits per heavy atom. The van der Waals surface area contributed by atoms with Crippen molar-refractivity contribution in [3.8, 4) is 12.1 Å². The van der Waals surface area contributed by atoms with E-state index in [2.05, 4.69) is 19.2 Å². The fourth-order valence-electron chi connectivity index (χ4n) is 2.59. The molecule has 0 unspecified atom stereocenters. The molecule has 0 bridgehead atoms. The van der Waals surface area contributed by atoms with E-state index in [4.69, 9.17) is 4.74 Å². The van der Waals surface area contributed by atoms with Crippen molar-refractivity contribution in [1.82, 2.24) is 0 Å². The maximum absolute atomic E-state index is 12.6. The van der Waals surface area contributed by atoms with Crippen LogP contribution in [0, 0.1) is 29.6 Å². The maximum Gasteiger partial charge on any atom is 0.348 e. The summed E-state index contributed by atoms with van der Waals surface area (Å²) in [5, 5.41) is 21.6. The van der Waals surface area contributed by atoms with Crippen molar-refractivity contribution in [2.24, 2.45) is 0 Å². The van der Waals surface area contributed by atoms with Crippen LogP contribution in [-0.4, -0.2) is 18.5 Å². The number of nitrogens with zero attached hydrogens (tertiary/aromatic N) is 2. The molecule has 0 fully saturated rings. The lowest BCUT2D eigenvalue weighted by molar-refractivity contribution is -0.112. The normalized spacial score (nSPS) is 10.9. The van der Waals surface area contributed by atoms with Crippen LogP contribution in [0.1, 0.15) is 58.6 Å². The number of benzene rings is 1. The van der Waals surface area contributed by atoms with Gasteiger partial charge in [0, 0.05) is 0 Å². The molecule has 0 aliphatic carbocycles. The van der Waals surface area contributed by atoms with Crippen LogP contribution in [0.25, 0.3) is 6.08 Å². The summed E-state index contributed by atoms with van der Waals surface area (Å²) in [5.74, 6) is -0.811. The number of amides is 1. The molecule has 0 saturated heterocycles. The van der Waals surface area contributed by atoms with E-state index in [9.17, 15) is 20.1 Å². The molecule has 7 heteroatoms. The zero-order valence-corrected chi connectivity index (χ0v) is 17.5. The van der Waals surface area contributed by atoms with E-state index in [1.54, 1.807) is 13.8 Å². The van der Waals surface area contributed by atoms with E-state index in [1.807, 2.05) is 36.4 Å². The van der Waals surface area contributed by atoms with Crippen LogP contribution in [0.5, 0.6) is 0 Å². The third-order valence-electron chi connectivity index (χ3n) is 4.23. The van der Waals surface area contributed by atoms with Crippen LogP contribution < -0.4 is 5.32 Å². The first-order valence-corrected chi connectivity index (χ1v) is 9.87. The predicted octanol–water partition coefficient (Wildman–Crippen LogP) is 4.77. The Morgan fingerprint density at radius 2 is 1.90 bits per heavy atom. The predicted molar refractivity (Wildman–Crippen MR) is 112 cm³/mol. The number of thiophene rings is 1. The molecule has 29 heavy (non-hydrogen) atoms. The quantitative estimate of drug-likeness (QED) is 0.422. The fraction of sp³-hybridized carbons (Fsp3) is 0.273. The SMILES string of the molecule is CCOC(=O)c1sc(NC(=O)C(C#N)=Cc2ccc(C(C)C)cc2)c(C#N)c1C.